The Balaban J connectivity index is 1.21. The average Bonchev–Trinajstić information content (AvgIpc) is 4.08. The molecule has 1 aromatic carbocycles. The molecule has 3 aliphatic carbocycles. The Hall–Kier alpha value is -4.26. The standard InChI is InChI=1S/C40H50N4O8S/c1-2-29-24-40(29,39(48)43-53(49,50)31-16-17-31)42-36(46)34-22-30-25-44(34)38(47)33(27-12-8-6-9-13-27)23-35(45)51-20-10-5-3-4-7-11-26-14-15-28-18-19-41-37(52-30)32(28)21-26/h2,7,11,14-15,18-19,21,27,29-31,33-34H,1,3-6,8-10,12-13,16-17,20,22-25H2,(H,42,46)(H,43,48)/b11-7+/t29-,30-,33+,34+,40-/m1/s1. The molecule has 0 radical (unpaired) electrons. The quantitative estimate of drug-likeness (QED) is 0.295. The van der Waals surface area contributed by atoms with Crippen LogP contribution in [-0.2, 0) is 33.9 Å². The van der Waals surface area contributed by atoms with Crippen LogP contribution in [0.15, 0.2) is 49.2 Å². The molecule has 4 fully saturated rings. The fraction of sp³-hybridized carbons (Fsp3) is 0.575. The van der Waals surface area contributed by atoms with Gasteiger partial charge in [-0.3, -0.25) is 23.9 Å². The monoisotopic (exact) mass is 746 g/mol. The molecule has 13 heteroatoms. The van der Waals surface area contributed by atoms with Crippen LogP contribution in [-0.4, -0.2) is 78.1 Å². The Labute approximate surface area is 311 Å². The minimum atomic E-state index is -3.87. The van der Waals surface area contributed by atoms with Crippen molar-refractivity contribution in [2.24, 2.45) is 17.8 Å². The molecule has 7 rings (SSSR count). The van der Waals surface area contributed by atoms with Crippen molar-refractivity contribution in [3.63, 3.8) is 0 Å². The average molecular weight is 747 g/mol. The van der Waals surface area contributed by atoms with Gasteiger partial charge in [0.05, 0.1) is 30.7 Å². The third kappa shape index (κ3) is 8.29. The molecule has 1 saturated heterocycles. The lowest BCUT2D eigenvalue weighted by atomic mass is 9.77. The minimum Gasteiger partial charge on any atom is -0.472 e. The van der Waals surface area contributed by atoms with Gasteiger partial charge in [0.1, 0.15) is 17.7 Å². The van der Waals surface area contributed by atoms with E-state index in [9.17, 15) is 27.6 Å². The molecule has 3 heterocycles. The molecule has 3 saturated carbocycles. The van der Waals surface area contributed by atoms with Crippen molar-refractivity contribution in [3.05, 3.63) is 54.8 Å². The third-order valence-corrected chi connectivity index (χ3v) is 13.5. The number of nitrogens with zero attached hydrogens (tertiary/aromatic N) is 2. The lowest BCUT2D eigenvalue weighted by Crippen LogP contribution is -2.57. The first kappa shape index (κ1) is 37.1. The van der Waals surface area contributed by atoms with E-state index >= 15 is 0 Å². The number of rotatable bonds is 7. The van der Waals surface area contributed by atoms with Crippen LogP contribution in [0.3, 0.4) is 0 Å². The number of benzene rings is 1. The van der Waals surface area contributed by atoms with E-state index in [0.29, 0.717) is 18.7 Å². The van der Waals surface area contributed by atoms with Gasteiger partial charge in [-0.25, -0.2) is 13.4 Å². The number of hydrogen-bond acceptors (Lipinski definition) is 9. The molecule has 53 heavy (non-hydrogen) atoms. The predicted octanol–water partition coefficient (Wildman–Crippen LogP) is 4.97. The summed E-state index contributed by atoms with van der Waals surface area (Å²) in [6.45, 7) is 4.15. The molecule has 12 nitrogen and oxygen atoms in total. The van der Waals surface area contributed by atoms with Crippen molar-refractivity contribution >= 4 is 50.6 Å². The van der Waals surface area contributed by atoms with Gasteiger partial charge in [-0.15, -0.1) is 6.58 Å². The van der Waals surface area contributed by atoms with Crippen LogP contribution in [0.25, 0.3) is 16.8 Å². The van der Waals surface area contributed by atoms with Crippen molar-refractivity contribution in [2.75, 3.05) is 13.2 Å². The number of fused-ring (bicyclic) bond motifs is 3. The number of nitrogens with one attached hydrogen (secondary N) is 2. The third-order valence-electron chi connectivity index (χ3n) is 11.6. The maximum Gasteiger partial charge on any atom is 0.306 e. The van der Waals surface area contributed by atoms with Crippen LogP contribution in [0.2, 0.25) is 0 Å². The largest absolute Gasteiger partial charge is 0.472 e. The molecule has 0 unspecified atom stereocenters. The summed E-state index contributed by atoms with van der Waals surface area (Å²) >= 11 is 0. The molecule has 5 atom stereocenters. The van der Waals surface area contributed by atoms with Gasteiger partial charge in [-0.1, -0.05) is 49.6 Å². The number of sulfonamides is 1. The van der Waals surface area contributed by atoms with Crippen LogP contribution in [0.1, 0.15) is 95.5 Å². The molecule has 1 aromatic heterocycles. The lowest BCUT2D eigenvalue weighted by molar-refractivity contribution is -0.152. The minimum absolute atomic E-state index is 0.0476. The molecular weight excluding hydrogens is 697 g/mol. The number of esters is 1. The zero-order chi connectivity index (χ0) is 37.2. The van der Waals surface area contributed by atoms with Gasteiger partial charge in [-0.05, 0) is 86.8 Å². The number of ether oxygens (including phenoxy) is 2. The van der Waals surface area contributed by atoms with E-state index in [1.54, 1.807) is 6.20 Å². The number of allylic oxidation sites excluding steroid dienone is 1. The maximum atomic E-state index is 14.8. The number of cyclic esters (lactones) is 1. The second kappa shape index (κ2) is 15.6. The van der Waals surface area contributed by atoms with Crippen molar-refractivity contribution in [1.82, 2.24) is 19.9 Å². The molecule has 2 aliphatic heterocycles. The Kier molecular flexibility index (Phi) is 10.9. The van der Waals surface area contributed by atoms with E-state index in [0.717, 1.165) is 74.1 Å². The number of aromatic nitrogens is 1. The van der Waals surface area contributed by atoms with Gasteiger partial charge in [0.25, 0.3) is 5.91 Å². The Morgan fingerprint density at radius 1 is 1.02 bits per heavy atom. The molecule has 2 aromatic rings. The number of carbonyl (C=O) groups excluding carboxylic acids is 4. The Bertz CT molecular complexity index is 1890. The van der Waals surface area contributed by atoms with Crippen LogP contribution >= 0.6 is 0 Å². The first-order valence-corrected chi connectivity index (χ1v) is 20.8. The molecule has 0 spiro atoms. The van der Waals surface area contributed by atoms with E-state index in [2.05, 4.69) is 33.8 Å². The van der Waals surface area contributed by atoms with Gasteiger partial charge in [0, 0.05) is 23.9 Å². The van der Waals surface area contributed by atoms with E-state index in [1.165, 1.54) is 11.0 Å². The molecule has 5 aliphatic rings. The smallest absolute Gasteiger partial charge is 0.306 e. The van der Waals surface area contributed by atoms with E-state index < -0.39 is 62.6 Å². The lowest BCUT2D eigenvalue weighted by Gasteiger charge is -2.34. The van der Waals surface area contributed by atoms with Gasteiger partial charge in [-0.2, -0.15) is 0 Å². The van der Waals surface area contributed by atoms with Crippen molar-refractivity contribution in [2.45, 2.75) is 113 Å². The molecular formula is C40H50N4O8S. The van der Waals surface area contributed by atoms with Crippen LogP contribution < -0.4 is 14.8 Å². The molecule has 3 amide bonds. The number of pyridine rings is 1. The molecule has 2 N–H and O–H groups in total. The normalized spacial score (nSPS) is 29.5. The highest BCUT2D eigenvalue weighted by molar-refractivity contribution is 7.91. The van der Waals surface area contributed by atoms with Crippen LogP contribution in [0, 0.1) is 17.8 Å². The number of hydrogen-bond donors (Lipinski definition) is 2. The van der Waals surface area contributed by atoms with E-state index in [4.69, 9.17) is 9.47 Å². The summed E-state index contributed by atoms with van der Waals surface area (Å²) < 4.78 is 39.9. The first-order valence-electron chi connectivity index (χ1n) is 19.3. The molecule has 4 bridgehead atoms. The summed E-state index contributed by atoms with van der Waals surface area (Å²) in [6.07, 6.45) is 15.9. The summed E-state index contributed by atoms with van der Waals surface area (Å²) in [5.41, 5.74) is -0.519. The number of amides is 3. The first-order chi connectivity index (χ1) is 25.6. The van der Waals surface area contributed by atoms with Gasteiger partial charge < -0.3 is 19.7 Å². The zero-order valence-electron chi connectivity index (χ0n) is 30.2. The summed E-state index contributed by atoms with van der Waals surface area (Å²) in [7, 11) is -3.87. The van der Waals surface area contributed by atoms with E-state index in [-0.39, 0.29) is 44.2 Å². The van der Waals surface area contributed by atoms with Gasteiger partial charge in [0.2, 0.25) is 27.7 Å². The molecule has 284 valence electrons. The van der Waals surface area contributed by atoms with E-state index in [1.807, 2.05) is 24.3 Å². The summed E-state index contributed by atoms with van der Waals surface area (Å²) in [4.78, 5) is 62.0. The highest BCUT2D eigenvalue weighted by Crippen LogP contribution is 2.46. The fourth-order valence-corrected chi connectivity index (χ4v) is 9.66. The maximum absolute atomic E-state index is 14.8. The highest BCUT2D eigenvalue weighted by Gasteiger charge is 2.62. The van der Waals surface area contributed by atoms with Crippen LogP contribution in [0.5, 0.6) is 5.88 Å². The Morgan fingerprint density at radius 2 is 1.81 bits per heavy atom. The summed E-state index contributed by atoms with van der Waals surface area (Å²) in [5, 5.41) is 3.98. The second-order valence-corrected chi connectivity index (χ2v) is 17.4. The zero-order valence-corrected chi connectivity index (χ0v) is 31.0. The fourth-order valence-electron chi connectivity index (χ4n) is 8.30. The van der Waals surface area contributed by atoms with Crippen molar-refractivity contribution in [1.29, 1.82) is 0 Å². The second-order valence-electron chi connectivity index (χ2n) is 15.4. The van der Waals surface area contributed by atoms with Gasteiger partial charge in [0.15, 0.2) is 0 Å². The van der Waals surface area contributed by atoms with Gasteiger partial charge >= 0.3 is 5.97 Å². The van der Waals surface area contributed by atoms with Crippen LogP contribution in [0.4, 0.5) is 0 Å². The number of carbonyl (C=O) groups is 4. The predicted molar refractivity (Wildman–Crippen MR) is 199 cm³/mol. The van der Waals surface area contributed by atoms with Crippen molar-refractivity contribution < 1.29 is 37.1 Å². The van der Waals surface area contributed by atoms with Crippen molar-refractivity contribution in [3.8, 4) is 5.88 Å². The SMILES string of the molecule is C=C[C@@H]1C[C@]1(NC(=O)[C@@H]1C[C@@H]2CN1C(=O)[C@H](C1CCCCC1)CC(=O)OCCCCC/C=C/c1ccc3ccnc(c3c1)O2)C(=O)NS(=O)(=O)C1CC1. The topological polar surface area (TPSA) is 161 Å². The summed E-state index contributed by atoms with van der Waals surface area (Å²) in [5.74, 6) is -2.97. The highest BCUT2D eigenvalue weighted by atomic mass is 32.2. The summed E-state index contributed by atoms with van der Waals surface area (Å²) in [6, 6.07) is 6.93. The Morgan fingerprint density at radius 3 is 2.57 bits per heavy atom.